The number of methoxy groups -OCH3 is 1. The van der Waals surface area contributed by atoms with Crippen LogP contribution in [0.1, 0.15) is 11.3 Å². The molecule has 0 saturated carbocycles. The zero-order chi connectivity index (χ0) is 13.1. The van der Waals surface area contributed by atoms with Crippen molar-refractivity contribution in [3.05, 3.63) is 56.4 Å². The van der Waals surface area contributed by atoms with E-state index < -0.39 is 0 Å². The third-order valence-corrected chi connectivity index (χ3v) is 3.37. The highest BCUT2D eigenvalue weighted by Gasteiger charge is 2.21. The average Bonchev–Trinajstić information content (AvgIpc) is 2.36. The van der Waals surface area contributed by atoms with Gasteiger partial charge in [0.25, 0.3) is 0 Å². The Morgan fingerprint density at radius 2 is 2.00 bits per heavy atom. The van der Waals surface area contributed by atoms with E-state index in [-0.39, 0.29) is 11.6 Å². The van der Waals surface area contributed by atoms with E-state index in [0.717, 1.165) is 5.56 Å². The summed E-state index contributed by atoms with van der Waals surface area (Å²) in [5.41, 5.74) is 1.25. The van der Waals surface area contributed by atoms with Crippen LogP contribution in [0, 0.1) is 8.78 Å². The summed E-state index contributed by atoms with van der Waals surface area (Å²) in [5, 5.41) is 21.9. The van der Waals surface area contributed by atoms with E-state index in [1.807, 2.05) is 52.9 Å². The second-order valence-electron chi connectivity index (χ2n) is 3.79. The van der Waals surface area contributed by atoms with E-state index in [2.05, 4.69) is 0 Å². The minimum Gasteiger partial charge on any atom is -0.616 e. The number of ether oxygens (including phenoxy) is 1. The Kier molecular flexibility index (Phi) is 3.90. The normalized spacial score (nSPS) is 10.3. The van der Waals surface area contributed by atoms with Crippen LogP contribution in [-0.4, -0.2) is 12.2 Å². The largest absolute Gasteiger partial charge is 0.616 e. The van der Waals surface area contributed by atoms with Gasteiger partial charge in [-0.3, -0.25) is 0 Å². The summed E-state index contributed by atoms with van der Waals surface area (Å²) in [4.78, 5) is 0. The van der Waals surface area contributed by atoms with Crippen molar-refractivity contribution in [3.8, 4) is 11.6 Å². The molecule has 0 fully saturated rings. The number of aromatic nitrogens is 1. The van der Waals surface area contributed by atoms with E-state index in [0.29, 0.717) is 20.4 Å². The molecule has 1 heterocycles. The third kappa shape index (κ3) is 2.50. The summed E-state index contributed by atoms with van der Waals surface area (Å²) >= 11 is 1.95. The van der Waals surface area contributed by atoms with Crippen LogP contribution in [-0.2, 0) is 6.42 Å². The molecule has 0 aliphatic rings. The van der Waals surface area contributed by atoms with Gasteiger partial charge in [0.2, 0.25) is 5.69 Å². The highest BCUT2D eigenvalue weighted by molar-refractivity contribution is 14.1. The van der Waals surface area contributed by atoms with Gasteiger partial charge in [0.15, 0.2) is 5.75 Å². The summed E-state index contributed by atoms with van der Waals surface area (Å²) in [6, 6.07) is 11.0. The molecule has 0 spiro atoms. The van der Waals surface area contributed by atoms with E-state index in [4.69, 9.17) is 4.74 Å². The lowest BCUT2D eigenvalue weighted by atomic mass is 10.1. The molecule has 94 valence electrons. The van der Waals surface area contributed by atoms with Gasteiger partial charge in [-0.15, -0.1) is 4.73 Å². The molecule has 0 aliphatic heterocycles. The fourth-order valence-electron chi connectivity index (χ4n) is 1.72. The predicted molar refractivity (Wildman–Crippen MR) is 75.6 cm³/mol. The van der Waals surface area contributed by atoms with Gasteiger partial charge < -0.3 is 15.1 Å². The molecule has 2 aromatic rings. The number of aromatic hydroxyl groups is 1. The number of pyridine rings is 1. The van der Waals surface area contributed by atoms with Gasteiger partial charge in [-0.05, 0) is 28.2 Å². The Morgan fingerprint density at radius 3 is 2.61 bits per heavy atom. The van der Waals surface area contributed by atoms with Crippen molar-refractivity contribution < 1.29 is 14.6 Å². The Hall–Kier alpha value is -1.50. The fourth-order valence-corrected chi connectivity index (χ4v) is 2.45. The van der Waals surface area contributed by atoms with Gasteiger partial charge >= 0.3 is 5.88 Å². The summed E-state index contributed by atoms with van der Waals surface area (Å²) in [5.74, 6) is 0.193. The van der Waals surface area contributed by atoms with Crippen molar-refractivity contribution in [2.75, 3.05) is 7.11 Å². The van der Waals surface area contributed by atoms with Crippen LogP contribution in [0.5, 0.6) is 11.6 Å². The summed E-state index contributed by atoms with van der Waals surface area (Å²) in [6.07, 6.45) is 0.365. The maximum atomic E-state index is 12.1. The monoisotopic (exact) mass is 357 g/mol. The lowest BCUT2D eigenvalue weighted by Gasteiger charge is -2.11. The van der Waals surface area contributed by atoms with Crippen molar-refractivity contribution in [2.24, 2.45) is 0 Å². The minimum absolute atomic E-state index is 0.0148. The van der Waals surface area contributed by atoms with Crippen LogP contribution in [0.15, 0.2) is 36.4 Å². The molecule has 0 saturated heterocycles. The van der Waals surface area contributed by atoms with Gasteiger partial charge in [-0.25, -0.2) is 0 Å². The van der Waals surface area contributed by atoms with Gasteiger partial charge in [-0.1, -0.05) is 30.3 Å². The zero-order valence-electron chi connectivity index (χ0n) is 9.76. The van der Waals surface area contributed by atoms with Crippen LogP contribution < -0.4 is 9.47 Å². The Labute approximate surface area is 119 Å². The lowest BCUT2D eigenvalue weighted by molar-refractivity contribution is -0.621. The van der Waals surface area contributed by atoms with Crippen LogP contribution in [0.2, 0.25) is 0 Å². The molecule has 0 amide bonds. The molecule has 18 heavy (non-hydrogen) atoms. The predicted octanol–water partition coefficient (Wildman–Crippen LogP) is 2.23. The molecule has 0 radical (unpaired) electrons. The van der Waals surface area contributed by atoms with Crippen LogP contribution >= 0.6 is 22.6 Å². The molecule has 0 bridgehead atoms. The highest BCUT2D eigenvalue weighted by Crippen LogP contribution is 2.25. The molecule has 1 N–H and O–H groups in total. The van der Waals surface area contributed by atoms with E-state index >= 15 is 0 Å². The number of rotatable bonds is 3. The SMILES string of the molecule is COc1c(I)cc(O)c(Cc2ccccc2)[n+]1[O-]. The molecule has 0 aliphatic carbocycles. The van der Waals surface area contributed by atoms with E-state index in [1.54, 1.807) is 0 Å². The fraction of sp³-hybridized carbons (Fsp3) is 0.154. The van der Waals surface area contributed by atoms with Crippen molar-refractivity contribution in [2.45, 2.75) is 6.42 Å². The molecule has 2 rings (SSSR count). The van der Waals surface area contributed by atoms with Gasteiger partial charge in [0.1, 0.15) is 3.57 Å². The number of hydrogen-bond acceptors (Lipinski definition) is 3. The lowest BCUT2D eigenvalue weighted by Crippen LogP contribution is -2.34. The Morgan fingerprint density at radius 1 is 1.33 bits per heavy atom. The molecule has 0 unspecified atom stereocenters. The maximum absolute atomic E-state index is 12.1. The first-order valence-electron chi connectivity index (χ1n) is 5.35. The Bertz CT molecular complexity index is 558. The number of halogens is 1. The van der Waals surface area contributed by atoms with E-state index in [9.17, 15) is 10.3 Å². The van der Waals surface area contributed by atoms with Crippen molar-refractivity contribution in [1.82, 2.24) is 0 Å². The summed E-state index contributed by atoms with van der Waals surface area (Å²) in [6.45, 7) is 0. The molecule has 5 heteroatoms. The smallest absolute Gasteiger partial charge is 0.393 e. The van der Waals surface area contributed by atoms with Crippen molar-refractivity contribution in [3.63, 3.8) is 0 Å². The topological polar surface area (TPSA) is 56.4 Å². The quantitative estimate of drug-likeness (QED) is 0.521. The van der Waals surface area contributed by atoms with E-state index in [1.165, 1.54) is 13.2 Å². The summed E-state index contributed by atoms with van der Waals surface area (Å²) < 4.78 is 6.27. The third-order valence-electron chi connectivity index (χ3n) is 2.60. The van der Waals surface area contributed by atoms with Crippen LogP contribution in [0.4, 0.5) is 0 Å². The molecular weight excluding hydrogens is 345 g/mol. The highest BCUT2D eigenvalue weighted by atomic mass is 127. The second-order valence-corrected chi connectivity index (χ2v) is 4.95. The first-order valence-corrected chi connectivity index (χ1v) is 6.43. The average molecular weight is 357 g/mol. The van der Waals surface area contributed by atoms with Gasteiger partial charge in [0.05, 0.1) is 13.5 Å². The molecule has 1 aromatic carbocycles. The molecular formula is C13H12INO3. The van der Waals surface area contributed by atoms with Crippen LogP contribution in [0.3, 0.4) is 0 Å². The first-order chi connectivity index (χ1) is 8.63. The van der Waals surface area contributed by atoms with Gasteiger partial charge in [-0.2, -0.15) is 0 Å². The van der Waals surface area contributed by atoms with Crippen LogP contribution in [0.25, 0.3) is 0 Å². The minimum atomic E-state index is -0.0148. The van der Waals surface area contributed by atoms with Gasteiger partial charge in [0, 0.05) is 6.07 Å². The molecule has 1 aromatic heterocycles. The number of benzene rings is 1. The molecule has 0 atom stereocenters. The van der Waals surface area contributed by atoms with Crippen molar-refractivity contribution in [1.29, 1.82) is 0 Å². The maximum Gasteiger partial charge on any atom is 0.393 e. The zero-order valence-corrected chi connectivity index (χ0v) is 11.9. The first kappa shape index (κ1) is 12.9. The molecule has 4 nitrogen and oxygen atoms in total. The standard InChI is InChI=1S/C13H12INO3/c1-18-13-10(14)8-12(16)11(15(13)17)7-9-5-3-2-4-6-9/h2-6,8,16H,7H2,1H3. The summed E-state index contributed by atoms with van der Waals surface area (Å²) in [7, 11) is 1.44. The number of nitrogens with zero attached hydrogens (tertiary/aromatic N) is 1. The van der Waals surface area contributed by atoms with Crippen molar-refractivity contribution >= 4 is 22.6 Å². The number of hydrogen-bond donors (Lipinski definition) is 1. The second kappa shape index (κ2) is 5.43. The Balaban J connectivity index is 2.45.